The molecule has 18 heavy (non-hydrogen) atoms. The number of fused-ring (bicyclic) bond motifs is 1. The lowest BCUT2D eigenvalue weighted by Gasteiger charge is -2.19. The molecule has 1 saturated heterocycles. The molecule has 1 fully saturated rings. The van der Waals surface area contributed by atoms with E-state index in [2.05, 4.69) is 9.97 Å². The van der Waals surface area contributed by atoms with Crippen LogP contribution in [-0.2, 0) is 9.84 Å². The fourth-order valence-electron chi connectivity index (χ4n) is 2.43. The monoisotopic (exact) mass is 268 g/mol. The van der Waals surface area contributed by atoms with E-state index in [-0.39, 0.29) is 11.3 Å². The SMILES string of the molecule is O=S1(=O)CCCCC1c1nc2c(F)cccc2[nH]1. The second-order valence-electron chi connectivity index (χ2n) is 4.61. The standard InChI is InChI=1S/C12H13FN2O2S/c13-8-4-3-5-9-11(8)15-12(14-9)10-6-1-2-7-18(10,16)17/h3-5,10H,1-2,6-7H2,(H,14,15). The van der Waals surface area contributed by atoms with Crippen molar-refractivity contribution in [3.8, 4) is 0 Å². The number of hydrogen-bond acceptors (Lipinski definition) is 3. The number of nitrogens with zero attached hydrogens (tertiary/aromatic N) is 1. The van der Waals surface area contributed by atoms with Crippen molar-refractivity contribution < 1.29 is 12.8 Å². The van der Waals surface area contributed by atoms with Crippen LogP contribution in [0.5, 0.6) is 0 Å². The summed E-state index contributed by atoms with van der Waals surface area (Å²) in [5, 5.41) is -0.613. The molecule has 1 N–H and O–H groups in total. The quantitative estimate of drug-likeness (QED) is 0.863. The molecule has 1 aromatic heterocycles. The number of sulfone groups is 1. The van der Waals surface area contributed by atoms with Crippen LogP contribution in [0, 0.1) is 5.82 Å². The number of H-pyrrole nitrogens is 1. The molecule has 1 aliphatic heterocycles. The van der Waals surface area contributed by atoms with E-state index in [9.17, 15) is 12.8 Å². The van der Waals surface area contributed by atoms with Crippen molar-refractivity contribution in [2.24, 2.45) is 0 Å². The predicted octanol–water partition coefficient (Wildman–Crippen LogP) is 2.34. The van der Waals surface area contributed by atoms with Crippen LogP contribution in [0.15, 0.2) is 18.2 Å². The first kappa shape index (κ1) is 11.6. The molecule has 0 amide bonds. The molecule has 0 spiro atoms. The summed E-state index contributed by atoms with van der Waals surface area (Å²) in [7, 11) is -3.15. The summed E-state index contributed by atoms with van der Waals surface area (Å²) in [6.07, 6.45) is 2.13. The number of aromatic nitrogens is 2. The molecule has 4 nitrogen and oxygen atoms in total. The molecule has 2 aromatic rings. The van der Waals surface area contributed by atoms with Crippen LogP contribution in [0.2, 0.25) is 0 Å². The Bertz CT molecular complexity index is 693. The minimum absolute atomic E-state index is 0.192. The molecule has 6 heteroatoms. The third-order valence-electron chi connectivity index (χ3n) is 3.37. The minimum atomic E-state index is -3.15. The van der Waals surface area contributed by atoms with Crippen molar-refractivity contribution in [2.45, 2.75) is 24.5 Å². The van der Waals surface area contributed by atoms with Gasteiger partial charge >= 0.3 is 0 Å². The van der Waals surface area contributed by atoms with Crippen LogP contribution in [0.3, 0.4) is 0 Å². The van der Waals surface area contributed by atoms with Gasteiger partial charge in [0.15, 0.2) is 15.7 Å². The minimum Gasteiger partial charge on any atom is -0.341 e. The Hall–Kier alpha value is -1.43. The third-order valence-corrected chi connectivity index (χ3v) is 5.55. The number of nitrogens with one attached hydrogen (secondary N) is 1. The highest BCUT2D eigenvalue weighted by molar-refractivity contribution is 7.91. The molecule has 0 aliphatic carbocycles. The van der Waals surface area contributed by atoms with Gasteiger partial charge in [0.25, 0.3) is 0 Å². The normalized spacial score (nSPS) is 23.3. The van der Waals surface area contributed by atoms with Crippen molar-refractivity contribution in [2.75, 3.05) is 5.75 Å². The zero-order valence-electron chi connectivity index (χ0n) is 9.69. The average Bonchev–Trinajstić information content (AvgIpc) is 2.73. The highest BCUT2D eigenvalue weighted by Crippen LogP contribution is 2.32. The smallest absolute Gasteiger partial charge is 0.160 e. The van der Waals surface area contributed by atoms with Crippen molar-refractivity contribution in [3.05, 3.63) is 29.8 Å². The van der Waals surface area contributed by atoms with Gasteiger partial charge in [0.1, 0.15) is 16.6 Å². The van der Waals surface area contributed by atoms with Gasteiger partial charge in [0, 0.05) is 0 Å². The zero-order chi connectivity index (χ0) is 12.8. The maximum absolute atomic E-state index is 13.5. The number of rotatable bonds is 1. The van der Waals surface area contributed by atoms with Crippen LogP contribution in [0.25, 0.3) is 11.0 Å². The third kappa shape index (κ3) is 1.80. The Balaban J connectivity index is 2.12. The van der Waals surface area contributed by atoms with E-state index in [0.29, 0.717) is 24.2 Å². The van der Waals surface area contributed by atoms with E-state index < -0.39 is 20.9 Å². The first-order valence-corrected chi connectivity index (χ1v) is 7.65. The van der Waals surface area contributed by atoms with E-state index in [1.807, 2.05) is 0 Å². The molecule has 1 aromatic carbocycles. The summed E-state index contributed by atoms with van der Waals surface area (Å²) in [6, 6.07) is 4.60. The van der Waals surface area contributed by atoms with Gasteiger partial charge in [-0.2, -0.15) is 0 Å². The Labute approximate surface area is 104 Å². The second-order valence-corrected chi connectivity index (χ2v) is 6.91. The molecule has 0 radical (unpaired) electrons. The number of benzene rings is 1. The van der Waals surface area contributed by atoms with Crippen LogP contribution in [0.4, 0.5) is 4.39 Å². The van der Waals surface area contributed by atoms with Crippen molar-refractivity contribution in [3.63, 3.8) is 0 Å². The second kappa shape index (κ2) is 4.05. The molecule has 3 rings (SSSR count). The van der Waals surface area contributed by atoms with Gasteiger partial charge in [-0.25, -0.2) is 17.8 Å². The average molecular weight is 268 g/mol. The first-order chi connectivity index (χ1) is 8.58. The van der Waals surface area contributed by atoms with Crippen molar-refractivity contribution >= 4 is 20.9 Å². The van der Waals surface area contributed by atoms with E-state index >= 15 is 0 Å². The maximum atomic E-state index is 13.5. The highest BCUT2D eigenvalue weighted by atomic mass is 32.2. The Morgan fingerprint density at radius 2 is 2.17 bits per heavy atom. The van der Waals surface area contributed by atoms with E-state index in [1.54, 1.807) is 12.1 Å². The van der Waals surface area contributed by atoms with Crippen molar-refractivity contribution in [1.82, 2.24) is 9.97 Å². The van der Waals surface area contributed by atoms with Gasteiger partial charge < -0.3 is 4.98 Å². The van der Waals surface area contributed by atoms with Crippen LogP contribution < -0.4 is 0 Å². The molecule has 0 saturated carbocycles. The molecule has 1 atom stereocenters. The maximum Gasteiger partial charge on any atom is 0.160 e. The van der Waals surface area contributed by atoms with Crippen LogP contribution in [-0.4, -0.2) is 24.1 Å². The zero-order valence-corrected chi connectivity index (χ0v) is 10.5. The number of hydrogen-bond donors (Lipinski definition) is 1. The lowest BCUT2D eigenvalue weighted by atomic mass is 10.2. The molecule has 96 valence electrons. The summed E-state index contributed by atoms with van der Waals surface area (Å²) in [5.41, 5.74) is 0.763. The summed E-state index contributed by atoms with van der Waals surface area (Å²) in [4.78, 5) is 7.05. The molecule has 2 heterocycles. The van der Waals surface area contributed by atoms with Gasteiger partial charge in [0.2, 0.25) is 0 Å². The number of imidazole rings is 1. The van der Waals surface area contributed by atoms with Gasteiger partial charge in [-0.15, -0.1) is 0 Å². The fraction of sp³-hybridized carbons (Fsp3) is 0.417. The lowest BCUT2D eigenvalue weighted by molar-refractivity contribution is 0.540. The summed E-state index contributed by atoms with van der Waals surface area (Å²) in [6.45, 7) is 0. The van der Waals surface area contributed by atoms with E-state index in [4.69, 9.17) is 0 Å². The first-order valence-electron chi connectivity index (χ1n) is 5.93. The van der Waals surface area contributed by atoms with Gasteiger partial charge in [-0.05, 0) is 25.0 Å². The molecular weight excluding hydrogens is 255 g/mol. The van der Waals surface area contributed by atoms with Gasteiger partial charge in [-0.3, -0.25) is 0 Å². The largest absolute Gasteiger partial charge is 0.341 e. The Morgan fingerprint density at radius 3 is 2.89 bits per heavy atom. The van der Waals surface area contributed by atoms with E-state index in [0.717, 1.165) is 6.42 Å². The number of aromatic amines is 1. The molecule has 1 aliphatic rings. The summed E-state index contributed by atoms with van der Waals surface area (Å²) < 4.78 is 37.5. The van der Waals surface area contributed by atoms with E-state index in [1.165, 1.54) is 6.07 Å². The topological polar surface area (TPSA) is 62.8 Å². The van der Waals surface area contributed by atoms with Crippen molar-refractivity contribution in [1.29, 1.82) is 0 Å². The molecule has 0 bridgehead atoms. The number of para-hydroxylation sites is 1. The van der Waals surface area contributed by atoms with Crippen LogP contribution >= 0.6 is 0 Å². The molecular formula is C12H13FN2O2S. The van der Waals surface area contributed by atoms with Crippen LogP contribution in [0.1, 0.15) is 30.3 Å². The van der Waals surface area contributed by atoms with Gasteiger partial charge in [0.05, 0.1) is 11.3 Å². The lowest BCUT2D eigenvalue weighted by Crippen LogP contribution is -2.22. The summed E-state index contributed by atoms with van der Waals surface area (Å²) >= 11 is 0. The Kier molecular flexibility index (Phi) is 2.62. The predicted molar refractivity (Wildman–Crippen MR) is 66.4 cm³/mol. The molecule has 1 unspecified atom stereocenters. The Morgan fingerprint density at radius 1 is 1.33 bits per heavy atom. The highest BCUT2D eigenvalue weighted by Gasteiger charge is 2.32. The summed E-state index contributed by atoms with van der Waals surface area (Å²) in [5.74, 6) is 0.134. The number of halogens is 1. The fourth-order valence-corrected chi connectivity index (χ4v) is 4.30. The van der Waals surface area contributed by atoms with Gasteiger partial charge in [-0.1, -0.05) is 12.5 Å².